The van der Waals surface area contributed by atoms with Crippen LogP contribution in [0, 0.1) is 28.4 Å². The van der Waals surface area contributed by atoms with Gasteiger partial charge in [0.2, 0.25) is 15.7 Å². The molecule has 3 aromatic carbocycles. The van der Waals surface area contributed by atoms with Crippen molar-refractivity contribution in [1.82, 2.24) is 14.9 Å². The number of carbonyl (C=O) groups excluding carboxylic acids is 1. The van der Waals surface area contributed by atoms with E-state index in [9.17, 15) is 14.9 Å². The van der Waals surface area contributed by atoms with Crippen molar-refractivity contribution in [3.8, 4) is 11.6 Å². The molecule has 1 amide bonds. The lowest BCUT2D eigenvalue weighted by Crippen LogP contribution is -2.55. The van der Waals surface area contributed by atoms with Crippen LogP contribution in [-0.4, -0.2) is 111 Å². The van der Waals surface area contributed by atoms with Crippen molar-refractivity contribution >= 4 is 55.2 Å². The fourth-order valence-corrected chi connectivity index (χ4v) is 14.3. The molecule has 17 nitrogen and oxygen atoms in total. The average Bonchev–Trinajstić information content (AvgIpc) is 4.13. The van der Waals surface area contributed by atoms with E-state index in [1.54, 1.807) is 23.2 Å². The third-order valence-electron chi connectivity index (χ3n) is 16.2. The molecule has 0 radical (unpaired) electrons. The van der Waals surface area contributed by atoms with E-state index in [0.29, 0.717) is 55.4 Å². The van der Waals surface area contributed by atoms with Gasteiger partial charge in [0.25, 0.3) is 11.6 Å². The smallest absolute Gasteiger partial charge is 0.297 e. The highest BCUT2D eigenvalue weighted by atomic mass is 32.2. The summed E-state index contributed by atoms with van der Waals surface area (Å²) in [6.45, 7) is 6.15. The summed E-state index contributed by atoms with van der Waals surface area (Å²) in [5.41, 5.74) is 10.2. The van der Waals surface area contributed by atoms with Crippen LogP contribution in [0.5, 0.6) is 11.6 Å². The number of hydrogen-bond acceptors (Lipinski definition) is 14. The van der Waals surface area contributed by atoms with E-state index in [-0.39, 0.29) is 75.6 Å². The average molecular weight is 945 g/mol. The summed E-state index contributed by atoms with van der Waals surface area (Å²) in [4.78, 5) is 40.3. The van der Waals surface area contributed by atoms with E-state index >= 15 is 8.42 Å². The summed E-state index contributed by atoms with van der Waals surface area (Å²) in [5.74, 6) is -0.374. The van der Waals surface area contributed by atoms with Gasteiger partial charge >= 0.3 is 0 Å². The largest absolute Gasteiger partial charge is 0.489 e. The molecule has 0 bridgehead atoms. The number of ether oxygens (including phenoxy) is 4. The molecule has 8 heterocycles. The number of piperidine rings is 1. The number of likely N-dealkylation sites (tertiary alicyclic amines) is 1. The van der Waals surface area contributed by atoms with Crippen molar-refractivity contribution in [2.45, 2.75) is 98.4 Å². The summed E-state index contributed by atoms with van der Waals surface area (Å²) in [5, 5.41) is 17.1. The second-order valence-electron chi connectivity index (χ2n) is 19.9. The van der Waals surface area contributed by atoms with Crippen LogP contribution in [-0.2, 0) is 19.3 Å². The zero-order valence-corrected chi connectivity index (χ0v) is 38.8. The van der Waals surface area contributed by atoms with E-state index in [0.717, 1.165) is 62.9 Å². The Balaban J connectivity index is 0.954. The highest BCUT2D eigenvalue weighted by Crippen LogP contribution is 2.56. The zero-order chi connectivity index (χ0) is 46.5. The molecule has 356 valence electrons. The second-order valence-corrected chi connectivity index (χ2v) is 21.8. The first-order chi connectivity index (χ1) is 33.0. The first kappa shape index (κ1) is 43.3. The number of anilines is 4. The number of aryl methyl sites for hydroxylation is 1. The lowest BCUT2D eigenvalue weighted by atomic mass is 9.59. The van der Waals surface area contributed by atoms with Crippen LogP contribution in [0.4, 0.5) is 28.4 Å². The standard InChI is InChI=1S/C50H56N8O9S/c1-29-5-2-3-6-34(29)37-7-4-16-56(37)32-24-50(25-32)13-17-55(18-14-50)38-9-8-35(47(51)59)45(57-40-21-31-10-15-52-48(31)54-49(40)67-43-28-65-27-41(43)57)46(38)68(62,63)33-22-39(58(60)61)44-42(23-33)66-26-36(53-44)30-11-19-64-20-12-30/h2-3,5-6,8-10,15,21-23,30,32,36-37,41,43,53H,4,7,11-14,16-20,24-28H2,1H3,(H2,51,59)(H,52,54)/t36-,37-,41+,43+/m0/s1. The number of nitrogens with zero attached hydrogens (tertiary/aromatic N) is 5. The number of aromatic nitrogens is 2. The van der Waals surface area contributed by atoms with Gasteiger partial charge in [-0.1, -0.05) is 24.3 Å². The Morgan fingerprint density at radius 2 is 1.76 bits per heavy atom. The molecule has 0 unspecified atom stereocenters. The lowest BCUT2D eigenvalue weighted by Gasteiger charge is -2.56. The monoisotopic (exact) mass is 944 g/mol. The molecule has 18 heteroatoms. The van der Waals surface area contributed by atoms with Crippen LogP contribution in [0.15, 0.2) is 76.7 Å². The van der Waals surface area contributed by atoms with Crippen LogP contribution in [0.25, 0.3) is 11.0 Å². The molecule has 1 aliphatic carbocycles. The second kappa shape index (κ2) is 16.6. The molecule has 1 saturated carbocycles. The Kier molecular flexibility index (Phi) is 10.6. The maximum atomic E-state index is 16.0. The Morgan fingerprint density at radius 3 is 2.54 bits per heavy atom. The van der Waals surface area contributed by atoms with Gasteiger partial charge in [-0.3, -0.25) is 19.8 Å². The molecule has 5 fully saturated rings. The molecule has 68 heavy (non-hydrogen) atoms. The number of carbonyl (C=O) groups is 1. The maximum Gasteiger partial charge on any atom is 0.297 e. The Labute approximate surface area is 394 Å². The fraction of sp³-hybridized carbons (Fsp3) is 0.480. The van der Waals surface area contributed by atoms with E-state index in [1.807, 2.05) is 12.1 Å². The number of nitro groups is 1. The van der Waals surface area contributed by atoms with Crippen molar-refractivity contribution in [2.75, 3.05) is 67.8 Å². The van der Waals surface area contributed by atoms with Gasteiger partial charge in [0.05, 0.1) is 52.1 Å². The van der Waals surface area contributed by atoms with Crippen molar-refractivity contribution in [3.05, 3.63) is 93.7 Å². The van der Waals surface area contributed by atoms with Crippen molar-refractivity contribution < 1.29 is 37.1 Å². The third-order valence-corrected chi connectivity index (χ3v) is 18.0. The predicted octanol–water partition coefficient (Wildman–Crippen LogP) is 7.19. The van der Waals surface area contributed by atoms with Gasteiger partial charge in [-0.15, -0.1) is 0 Å². The van der Waals surface area contributed by atoms with Crippen molar-refractivity contribution in [3.63, 3.8) is 0 Å². The summed E-state index contributed by atoms with van der Waals surface area (Å²) in [7, 11) is -4.75. The van der Waals surface area contributed by atoms with Crippen LogP contribution >= 0.6 is 0 Å². The number of benzene rings is 3. The molecule has 1 spiro atoms. The van der Waals surface area contributed by atoms with Crippen LogP contribution < -0.4 is 30.3 Å². The highest BCUT2D eigenvalue weighted by molar-refractivity contribution is 7.91. The quantitative estimate of drug-likeness (QED) is 0.0988. The van der Waals surface area contributed by atoms with Crippen LogP contribution in [0.3, 0.4) is 0 Å². The van der Waals surface area contributed by atoms with Crippen LogP contribution in [0.1, 0.15) is 78.9 Å². The first-order valence-corrected chi connectivity index (χ1v) is 25.5. The number of H-pyrrole nitrogens is 1. The Hall–Kier alpha value is -5.95. The normalized spacial score (nSPS) is 25.0. The molecular formula is C50H56N8O9S. The Bertz CT molecular complexity index is 2940. The van der Waals surface area contributed by atoms with Crippen molar-refractivity contribution in [2.24, 2.45) is 17.1 Å². The third kappa shape index (κ3) is 7.16. The van der Waals surface area contributed by atoms with E-state index in [1.165, 1.54) is 23.6 Å². The summed E-state index contributed by atoms with van der Waals surface area (Å²) in [6.07, 6.45) is 8.93. The highest BCUT2D eigenvalue weighted by Gasteiger charge is 2.51. The summed E-state index contributed by atoms with van der Waals surface area (Å²) in [6, 6.07) is 18.3. The lowest BCUT2D eigenvalue weighted by molar-refractivity contribution is -0.384. The maximum absolute atomic E-state index is 16.0. The Morgan fingerprint density at radius 1 is 0.956 bits per heavy atom. The number of fused-ring (bicyclic) bond motifs is 4. The van der Waals surface area contributed by atoms with Crippen molar-refractivity contribution in [1.29, 1.82) is 0 Å². The molecule has 5 aromatic rings. The fourth-order valence-electron chi connectivity index (χ4n) is 12.6. The molecule has 12 rings (SSSR count). The number of pyridine rings is 1. The molecule has 6 aliphatic heterocycles. The van der Waals surface area contributed by atoms with Gasteiger partial charge in [-0.05, 0) is 112 Å². The molecule has 7 aliphatic rings. The minimum atomic E-state index is -4.75. The number of rotatable bonds is 9. The van der Waals surface area contributed by atoms with Gasteiger partial charge in [-0.25, -0.2) is 8.42 Å². The molecule has 4 atom stereocenters. The molecule has 4 N–H and O–H groups in total. The number of nitro benzene ring substituents is 1. The SMILES string of the molecule is Cc1ccccc1[C@@H]1CCCN1C1CC2(CCN(c3ccc(C(N)=O)c(N4c5cc6cc[nH]c6nc5O[C@@H]5COC[C@H]54)c3S(=O)(=O)c3cc4c(c([N+](=O)[O-])c3)N[C@H](C3CCOCC3)CO4)CC2)C1. The first-order valence-electron chi connectivity index (χ1n) is 24.1. The summed E-state index contributed by atoms with van der Waals surface area (Å²) < 4.78 is 56.3. The van der Waals surface area contributed by atoms with E-state index in [4.69, 9.17) is 29.7 Å². The van der Waals surface area contributed by atoms with E-state index in [2.05, 4.69) is 51.3 Å². The number of hydrogen-bond donors (Lipinski definition) is 3. The number of primary amides is 1. The van der Waals surface area contributed by atoms with Gasteiger partial charge in [0.15, 0.2) is 11.4 Å². The molecule has 2 aromatic heterocycles. The predicted molar refractivity (Wildman–Crippen MR) is 254 cm³/mol. The summed E-state index contributed by atoms with van der Waals surface area (Å²) >= 11 is 0. The van der Waals surface area contributed by atoms with Gasteiger partial charge in [0, 0.05) is 62.1 Å². The number of amides is 1. The number of nitrogens with two attached hydrogens (primary N) is 1. The van der Waals surface area contributed by atoms with Gasteiger partial charge in [0.1, 0.15) is 28.9 Å². The molecule has 4 saturated heterocycles. The topological polar surface area (TPSA) is 208 Å². The van der Waals surface area contributed by atoms with Gasteiger partial charge < -0.3 is 44.8 Å². The minimum Gasteiger partial charge on any atom is -0.489 e. The number of aromatic amines is 1. The van der Waals surface area contributed by atoms with Crippen LogP contribution in [0.2, 0.25) is 0 Å². The minimum absolute atomic E-state index is 0.0335. The van der Waals surface area contributed by atoms with Gasteiger partial charge in [-0.2, -0.15) is 4.98 Å². The van der Waals surface area contributed by atoms with E-state index < -0.39 is 38.5 Å². The number of nitrogens with one attached hydrogen (secondary N) is 2. The number of sulfone groups is 1. The zero-order valence-electron chi connectivity index (χ0n) is 38.0. The molecular weight excluding hydrogens is 889 g/mol.